The Hall–Kier alpha value is -0.0800. The topological polar surface area (TPSA) is 24.1 Å². The summed E-state index contributed by atoms with van der Waals surface area (Å²) in [6.45, 7) is 4.97. The standard InChI is InChI=1S/C26H46N2/c1-17-15-23(19-9-5-3-6-10-19)21-13-14-22-24(20-11-7-4-8-12-20)16-18(2)28-26(22)25(21)27-17/h17-28H,3-16H2,1-2H3. The predicted molar refractivity (Wildman–Crippen MR) is 118 cm³/mol. The van der Waals surface area contributed by atoms with Crippen LogP contribution >= 0.6 is 0 Å². The number of rotatable bonds is 2. The summed E-state index contributed by atoms with van der Waals surface area (Å²) < 4.78 is 0. The molecule has 0 radical (unpaired) electrons. The molecule has 2 saturated heterocycles. The zero-order valence-electron chi connectivity index (χ0n) is 18.7. The summed E-state index contributed by atoms with van der Waals surface area (Å²) in [6, 6.07) is 2.95. The second kappa shape index (κ2) is 8.58. The minimum absolute atomic E-state index is 0.721. The van der Waals surface area contributed by atoms with Crippen LogP contribution in [0.2, 0.25) is 0 Å². The summed E-state index contributed by atoms with van der Waals surface area (Å²) in [7, 11) is 0. The third kappa shape index (κ3) is 3.82. The van der Waals surface area contributed by atoms with Gasteiger partial charge in [0.2, 0.25) is 0 Å². The highest BCUT2D eigenvalue weighted by atomic mass is 15.1. The molecular weight excluding hydrogens is 340 g/mol. The van der Waals surface area contributed by atoms with Gasteiger partial charge in [-0.05, 0) is 75.0 Å². The lowest BCUT2D eigenvalue weighted by Crippen LogP contribution is -2.68. The second-order valence-electron chi connectivity index (χ2n) is 11.7. The Balaban J connectivity index is 1.36. The molecule has 5 rings (SSSR count). The first kappa shape index (κ1) is 19.9. The van der Waals surface area contributed by atoms with Crippen molar-refractivity contribution in [1.82, 2.24) is 10.6 Å². The van der Waals surface area contributed by atoms with Crippen LogP contribution in [0, 0.1) is 35.5 Å². The maximum absolute atomic E-state index is 4.17. The fourth-order valence-electron chi connectivity index (χ4n) is 8.86. The third-order valence-electron chi connectivity index (χ3n) is 9.96. The second-order valence-corrected chi connectivity index (χ2v) is 11.7. The Kier molecular flexibility index (Phi) is 6.08. The summed E-state index contributed by atoms with van der Waals surface area (Å²) in [5, 5.41) is 8.34. The van der Waals surface area contributed by atoms with Crippen LogP contribution in [0.25, 0.3) is 0 Å². The summed E-state index contributed by atoms with van der Waals surface area (Å²) in [4.78, 5) is 0. The molecule has 0 bridgehead atoms. The smallest absolute Gasteiger partial charge is 0.0257 e. The van der Waals surface area contributed by atoms with E-state index in [4.69, 9.17) is 0 Å². The molecule has 8 unspecified atom stereocenters. The Morgan fingerprint density at radius 2 is 0.857 bits per heavy atom. The molecule has 3 aliphatic carbocycles. The van der Waals surface area contributed by atoms with Crippen molar-refractivity contribution in [2.75, 3.05) is 0 Å². The van der Waals surface area contributed by atoms with Crippen molar-refractivity contribution < 1.29 is 0 Å². The molecule has 2 heterocycles. The number of hydrogen-bond acceptors (Lipinski definition) is 2. The van der Waals surface area contributed by atoms with Gasteiger partial charge in [-0.25, -0.2) is 0 Å². The summed E-state index contributed by atoms with van der Waals surface area (Å²) in [5.41, 5.74) is 0. The van der Waals surface area contributed by atoms with Crippen LogP contribution in [-0.4, -0.2) is 24.2 Å². The fourth-order valence-corrected chi connectivity index (χ4v) is 8.86. The van der Waals surface area contributed by atoms with Crippen LogP contribution in [-0.2, 0) is 0 Å². The Morgan fingerprint density at radius 3 is 1.25 bits per heavy atom. The average Bonchev–Trinajstić information content (AvgIpc) is 2.74. The van der Waals surface area contributed by atoms with Gasteiger partial charge < -0.3 is 10.6 Å². The highest BCUT2D eigenvalue weighted by Crippen LogP contribution is 2.51. The van der Waals surface area contributed by atoms with Gasteiger partial charge in [-0.3, -0.25) is 0 Å². The molecule has 2 heteroatoms. The zero-order valence-corrected chi connectivity index (χ0v) is 18.7. The monoisotopic (exact) mass is 386 g/mol. The normalized spacial score (nSPS) is 48.6. The van der Waals surface area contributed by atoms with Gasteiger partial charge in [-0.1, -0.05) is 64.2 Å². The number of nitrogens with one attached hydrogen (secondary N) is 2. The molecule has 5 aliphatic rings. The maximum Gasteiger partial charge on any atom is 0.0257 e. The van der Waals surface area contributed by atoms with E-state index < -0.39 is 0 Å². The van der Waals surface area contributed by atoms with Crippen LogP contribution in [0.5, 0.6) is 0 Å². The van der Waals surface area contributed by atoms with Gasteiger partial charge in [0, 0.05) is 24.2 Å². The lowest BCUT2D eigenvalue weighted by molar-refractivity contribution is -0.0295. The first-order valence-electron chi connectivity index (χ1n) is 13.2. The third-order valence-corrected chi connectivity index (χ3v) is 9.96. The van der Waals surface area contributed by atoms with Crippen LogP contribution in [0.15, 0.2) is 0 Å². The molecule has 28 heavy (non-hydrogen) atoms. The van der Waals surface area contributed by atoms with Crippen LogP contribution in [0.4, 0.5) is 0 Å². The first-order valence-corrected chi connectivity index (χ1v) is 13.2. The maximum atomic E-state index is 4.17. The zero-order chi connectivity index (χ0) is 19.1. The van der Waals surface area contributed by atoms with Crippen molar-refractivity contribution in [3.05, 3.63) is 0 Å². The molecule has 2 aliphatic heterocycles. The summed E-state index contributed by atoms with van der Waals surface area (Å²) in [5.74, 6) is 6.00. The molecule has 5 fully saturated rings. The van der Waals surface area contributed by atoms with E-state index in [0.717, 1.165) is 59.7 Å². The van der Waals surface area contributed by atoms with Gasteiger partial charge in [0.05, 0.1) is 0 Å². The fraction of sp³-hybridized carbons (Fsp3) is 1.00. The van der Waals surface area contributed by atoms with Crippen LogP contribution < -0.4 is 10.6 Å². The van der Waals surface area contributed by atoms with Gasteiger partial charge in [0.15, 0.2) is 0 Å². The lowest BCUT2D eigenvalue weighted by Gasteiger charge is -2.58. The van der Waals surface area contributed by atoms with Gasteiger partial charge in [-0.2, -0.15) is 0 Å². The van der Waals surface area contributed by atoms with E-state index in [9.17, 15) is 0 Å². The molecule has 2 N–H and O–H groups in total. The largest absolute Gasteiger partial charge is 0.310 e. The minimum Gasteiger partial charge on any atom is -0.310 e. The number of fused-ring (bicyclic) bond motifs is 3. The van der Waals surface area contributed by atoms with Gasteiger partial charge in [0.1, 0.15) is 0 Å². The van der Waals surface area contributed by atoms with E-state index in [2.05, 4.69) is 24.5 Å². The van der Waals surface area contributed by atoms with Crippen molar-refractivity contribution in [2.45, 2.75) is 128 Å². The van der Waals surface area contributed by atoms with Crippen LogP contribution in [0.1, 0.15) is 104 Å². The minimum atomic E-state index is 0.721. The van der Waals surface area contributed by atoms with Crippen molar-refractivity contribution in [3.8, 4) is 0 Å². The molecule has 0 amide bonds. The lowest BCUT2D eigenvalue weighted by atomic mass is 9.56. The number of piperidine rings is 2. The summed E-state index contributed by atoms with van der Waals surface area (Å²) >= 11 is 0. The molecule has 0 spiro atoms. The molecule has 160 valence electrons. The highest BCUT2D eigenvalue weighted by molar-refractivity contribution is 5.08. The Labute approximate surface area is 174 Å². The predicted octanol–water partition coefficient (Wildman–Crippen LogP) is 5.91. The molecule has 0 aromatic rings. The molecule has 0 aromatic heterocycles. The van der Waals surface area contributed by atoms with E-state index in [1.807, 2.05) is 0 Å². The Bertz CT molecular complexity index is 461. The quantitative estimate of drug-likeness (QED) is 0.617. The SMILES string of the molecule is CC1CC(C2CCCCC2)C2CCC3C(C4CCCCC4)CC(C)NC3C2N1. The van der Waals surface area contributed by atoms with Crippen molar-refractivity contribution in [1.29, 1.82) is 0 Å². The van der Waals surface area contributed by atoms with Crippen molar-refractivity contribution in [2.24, 2.45) is 35.5 Å². The van der Waals surface area contributed by atoms with E-state index in [-0.39, 0.29) is 0 Å². The van der Waals surface area contributed by atoms with Crippen LogP contribution in [0.3, 0.4) is 0 Å². The van der Waals surface area contributed by atoms with E-state index >= 15 is 0 Å². The van der Waals surface area contributed by atoms with Crippen molar-refractivity contribution in [3.63, 3.8) is 0 Å². The van der Waals surface area contributed by atoms with E-state index in [0.29, 0.717) is 0 Å². The molecule has 8 atom stereocenters. The molecular formula is C26H46N2. The molecule has 2 nitrogen and oxygen atoms in total. The van der Waals surface area contributed by atoms with E-state index in [1.165, 1.54) is 89.9 Å². The molecule has 3 saturated carbocycles. The highest BCUT2D eigenvalue weighted by Gasteiger charge is 2.52. The van der Waals surface area contributed by atoms with Crippen molar-refractivity contribution >= 4 is 0 Å². The number of hydrogen-bond donors (Lipinski definition) is 2. The van der Waals surface area contributed by atoms with Gasteiger partial charge >= 0.3 is 0 Å². The average molecular weight is 387 g/mol. The van der Waals surface area contributed by atoms with Gasteiger partial charge in [0.25, 0.3) is 0 Å². The van der Waals surface area contributed by atoms with Gasteiger partial charge in [-0.15, -0.1) is 0 Å². The Morgan fingerprint density at radius 1 is 0.464 bits per heavy atom. The molecule has 0 aromatic carbocycles. The summed E-state index contributed by atoms with van der Waals surface area (Å²) in [6.07, 6.45) is 21.1. The van der Waals surface area contributed by atoms with E-state index in [1.54, 1.807) is 0 Å². The first-order chi connectivity index (χ1) is 13.7.